The lowest BCUT2D eigenvalue weighted by Gasteiger charge is -2.32. The van der Waals surface area contributed by atoms with Gasteiger partial charge in [0.15, 0.2) is 11.6 Å². The Kier molecular flexibility index (Phi) is 4.68. The molecule has 6 heteroatoms. The van der Waals surface area contributed by atoms with Gasteiger partial charge < -0.3 is 15.2 Å². The maximum atomic E-state index is 13.6. The van der Waals surface area contributed by atoms with Crippen LogP contribution >= 0.6 is 12.2 Å². The molecule has 1 aromatic rings. The number of benzene rings is 1. The van der Waals surface area contributed by atoms with E-state index < -0.39 is 0 Å². The molecule has 0 radical (unpaired) electrons. The van der Waals surface area contributed by atoms with Crippen molar-refractivity contribution < 1.29 is 13.9 Å². The van der Waals surface area contributed by atoms with Gasteiger partial charge in [0.05, 0.1) is 13.7 Å². The fourth-order valence-corrected chi connectivity index (χ4v) is 2.23. The molecule has 104 valence electrons. The smallest absolute Gasteiger partial charge is 0.165 e. The predicted molar refractivity (Wildman–Crippen MR) is 74.8 cm³/mol. The summed E-state index contributed by atoms with van der Waals surface area (Å²) in [5, 5.41) is 0. The Morgan fingerprint density at radius 3 is 3.05 bits per heavy atom. The fraction of sp³-hybridized carbons (Fsp3) is 0.462. The summed E-state index contributed by atoms with van der Waals surface area (Å²) in [5.41, 5.74) is 6.48. The van der Waals surface area contributed by atoms with Gasteiger partial charge in [-0.2, -0.15) is 0 Å². The van der Waals surface area contributed by atoms with Crippen LogP contribution in [0.15, 0.2) is 18.2 Å². The quantitative estimate of drug-likeness (QED) is 0.845. The van der Waals surface area contributed by atoms with E-state index in [9.17, 15) is 4.39 Å². The molecule has 1 atom stereocenters. The first-order chi connectivity index (χ1) is 9.10. The van der Waals surface area contributed by atoms with Crippen LogP contribution in [0.1, 0.15) is 5.56 Å². The number of nitrogens with two attached hydrogens (primary N) is 1. The lowest BCUT2D eigenvalue weighted by atomic mass is 10.1. The number of ether oxygens (including phenoxy) is 2. The molecule has 1 fully saturated rings. The number of halogens is 1. The molecule has 0 bridgehead atoms. The molecule has 0 aromatic heterocycles. The lowest BCUT2D eigenvalue weighted by Crippen LogP contribution is -2.47. The van der Waals surface area contributed by atoms with E-state index >= 15 is 0 Å². The van der Waals surface area contributed by atoms with Crippen LogP contribution in [0.25, 0.3) is 0 Å². The number of hydrogen-bond acceptors (Lipinski definition) is 4. The molecule has 0 spiro atoms. The fourth-order valence-electron chi connectivity index (χ4n) is 2.08. The van der Waals surface area contributed by atoms with Gasteiger partial charge in [-0.25, -0.2) is 4.39 Å². The van der Waals surface area contributed by atoms with E-state index in [-0.39, 0.29) is 17.7 Å². The Hall–Kier alpha value is -1.24. The summed E-state index contributed by atoms with van der Waals surface area (Å²) in [6.45, 7) is 2.65. The molecule has 0 aliphatic carbocycles. The number of morpholine rings is 1. The third-order valence-corrected chi connectivity index (χ3v) is 3.35. The van der Waals surface area contributed by atoms with Crippen molar-refractivity contribution in [2.45, 2.75) is 12.6 Å². The molecule has 19 heavy (non-hydrogen) atoms. The number of thiocarbonyl (C=S) groups is 1. The van der Waals surface area contributed by atoms with Crippen LogP contribution < -0.4 is 10.5 Å². The average molecular weight is 284 g/mol. The predicted octanol–water partition coefficient (Wildman–Crippen LogP) is 1.32. The maximum Gasteiger partial charge on any atom is 0.165 e. The molecule has 4 nitrogen and oxygen atoms in total. The topological polar surface area (TPSA) is 47.7 Å². The molecular formula is C13H17FN2O2S. The van der Waals surface area contributed by atoms with Gasteiger partial charge in [0.1, 0.15) is 11.1 Å². The SMILES string of the molecule is COc1ccc(CN2CCOC(C(N)=S)C2)cc1F. The highest BCUT2D eigenvalue weighted by atomic mass is 32.1. The minimum absolute atomic E-state index is 0.216. The number of rotatable bonds is 4. The molecule has 0 saturated carbocycles. The van der Waals surface area contributed by atoms with Crippen LogP contribution in [0.5, 0.6) is 5.75 Å². The Bertz CT molecular complexity index is 470. The summed E-state index contributed by atoms with van der Waals surface area (Å²) in [7, 11) is 1.45. The van der Waals surface area contributed by atoms with E-state index in [1.54, 1.807) is 6.07 Å². The summed E-state index contributed by atoms with van der Waals surface area (Å²) < 4.78 is 24.0. The van der Waals surface area contributed by atoms with Crippen molar-refractivity contribution in [3.8, 4) is 5.75 Å². The van der Waals surface area contributed by atoms with Gasteiger partial charge in [-0.3, -0.25) is 4.90 Å². The molecule has 1 aromatic carbocycles. The van der Waals surface area contributed by atoms with E-state index in [4.69, 9.17) is 27.4 Å². The van der Waals surface area contributed by atoms with Crippen molar-refractivity contribution in [3.63, 3.8) is 0 Å². The molecule has 2 rings (SSSR count). The summed E-state index contributed by atoms with van der Waals surface area (Å²) >= 11 is 4.94. The lowest BCUT2D eigenvalue weighted by molar-refractivity contribution is 0.00387. The molecule has 1 unspecified atom stereocenters. The van der Waals surface area contributed by atoms with Gasteiger partial charge in [0.25, 0.3) is 0 Å². The first-order valence-corrected chi connectivity index (χ1v) is 6.46. The van der Waals surface area contributed by atoms with Crippen LogP contribution in [0.2, 0.25) is 0 Å². The van der Waals surface area contributed by atoms with Gasteiger partial charge in [0, 0.05) is 19.6 Å². The van der Waals surface area contributed by atoms with Crippen molar-refractivity contribution in [1.82, 2.24) is 4.90 Å². The third kappa shape index (κ3) is 3.62. The normalized spacial score (nSPS) is 20.2. The van der Waals surface area contributed by atoms with Gasteiger partial charge in [-0.1, -0.05) is 18.3 Å². The van der Waals surface area contributed by atoms with Crippen LogP contribution in [0.4, 0.5) is 4.39 Å². The van der Waals surface area contributed by atoms with E-state index in [0.717, 1.165) is 12.1 Å². The zero-order valence-electron chi connectivity index (χ0n) is 10.8. The van der Waals surface area contributed by atoms with Gasteiger partial charge >= 0.3 is 0 Å². The first kappa shape index (κ1) is 14.2. The van der Waals surface area contributed by atoms with Gasteiger partial charge in [-0.15, -0.1) is 0 Å². The summed E-state index contributed by atoms with van der Waals surface area (Å²) in [6, 6.07) is 4.98. The van der Waals surface area contributed by atoms with Crippen molar-refractivity contribution in [1.29, 1.82) is 0 Å². The molecular weight excluding hydrogens is 267 g/mol. The molecule has 1 aliphatic heterocycles. The van der Waals surface area contributed by atoms with Crippen LogP contribution in [-0.2, 0) is 11.3 Å². The summed E-state index contributed by atoms with van der Waals surface area (Å²) in [6.07, 6.45) is -0.216. The second kappa shape index (κ2) is 6.27. The average Bonchev–Trinajstić information content (AvgIpc) is 2.39. The Labute approximate surface area is 117 Å². The monoisotopic (exact) mass is 284 g/mol. The summed E-state index contributed by atoms with van der Waals surface area (Å²) in [5.74, 6) is -0.0918. The highest BCUT2D eigenvalue weighted by molar-refractivity contribution is 7.80. The second-order valence-electron chi connectivity index (χ2n) is 4.47. The van der Waals surface area contributed by atoms with Crippen molar-refractivity contribution >= 4 is 17.2 Å². The molecule has 1 saturated heterocycles. The number of methoxy groups -OCH3 is 1. The Morgan fingerprint density at radius 2 is 2.42 bits per heavy atom. The van der Waals surface area contributed by atoms with E-state index in [2.05, 4.69) is 4.90 Å². The minimum atomic E-state index is -0.348. The van der Waals surface area contributed by atoms with Crippen molar-refractivity contribution in [2.75, 3.05) is 26.8 Å². The molecule has 0 amide bonds. The van der Waals surface area contributed by atoms with Crippen LogP contribution in [0.3, 0.4) is 0 Å². The molecule has 2 N–H and O–H groups in total. The van der Waals surface area contributed by atoms with Crippen LogP contribution in [-0.4, -0.2) is 42.8 Å². The highest BCUT2D eigenvalue weighted by Gasteiger charge is 2.22. The number of hydrogen-bond donors (Lipinski definition) is 1. The molecule has 1 aliphatic rings. The van der Waals surface area contributed by atoms with E-state index in [0.29, 0.717) is 24.7 Å². The Balaban J connectivity index is 2.00. The zero-order chi connectivity index (χ0) is 13.8. The minimum Gasteiger partial charge on any atom is -0.494 e. The largest absolute Gasteiger partial charge is 0.494 e. The second-order valence-corrected chi connectivity index (χ2v) is 4.94. The standard InChI is InChI=1S/C13H17FN2O2S/c1-17-11-3-2-9(6-10(11)14)7-16-4-5-18-12(8-16)13(15)19/h2-3,6,12H,4-5,7-8H2,1H3,(H2,15,19). The van der Waals surface area contributed by atoms with E-state index in [1.807, 2.05) is 6.07 Å². The van der Waals surface area contributed by atoms with Crippen molar-refractivity contribution in [3.05, 3.63) is 29.6 Å². The molecule has 1 heterocycles. The highest BCUT2D eigenvalue weighted by Crippen LogP contribution is 2.19. The third-order valence-electron chi connectivity index (χ3n) is 3.09. The zero-order valence-corrected chi connectivity index (χ0v) is 11.6. The van der Waals surface area contributed by atoms with E-state index in [1.165, 1.54) is 13.2 Å². The van der Waals surface area contributed by atoms with Crippen LogP contribution in [0, 0.1) is 5.82 Å². The van der Waals surface area contributed by atoms with Gasteiger partial charge in [0.2, 0.25) is 0 Å². The van der Waals surface area contributed by atoms with Gasteiger partial charge in [-0.05, 0) is 17.7 Å². The number of nitrogens with zero attached hydrogens (tertiary/aromatic N) is 1. The maximum absolute atomic E-state index is 13.6. The Morgan fingerprint density at radius 1 is 1.63 bits per heavy atom. The first-order valence-electron chi connectivity index (χ1n) is 6.06. The van der Waals surface area contributed by atoms with Crippen molar-refractivity contribution in [2.24, 2.45) is 5.73 Å². The summed E-state index contributed by atoms with van der Waals surface area (Å²) in [4.78, 5) is 2.51.